The van der Waals surface area contributed by atoms with Gasteiger partial charge in [0.25, 0.3) is 0 Å². The van der Waals surface area contributed by atoms with Crippen LogP contribution in [0.1, 0.15) is 78.7 Å². The van der Waals surface area contributed by atoms with Crippen LogP contribution in [0.3, 0.4) is 0 Å². The molecule has 1 saturated carbocycles. The number of amides is 3. The first kappa shape index (κ1) is 35.4. The van der Waals surface area contributed by atoms with Crippen LogP contribution in [0.15, 0.2) is 27.6 Å². The molecule has 12 nitrogen and oxygen atoms in total. The fourth-order valence-corrected chi connectivity index (χ4v) is 5.86. The molecule has 3 heterocycles. The molecule has 2 fully saturated rings. The minimum atomic E-state index is -1.22. The number of carbonyl (C=O) groups is 4. The number of esters is 1. The Labute approximate surface area is 285 Å². The standard InChI is InChI=1S/C29H39BrN5O7.Y/c1-5-41-26(39)29-16-18(29)11-9-7-6-8-10-12-21(32-27(40)42-28(2,3)4)25(38)34-17-19(15-22(34)23(36)33-29)35-24(37)20(30)13-14-31-35;/h9,11,14,18-19,21-22H,5-8,10,12,15-17H2,1-4H3,(H,32,40)(H,33,36);/q-1;/b11-9-;/t18-,19+,21-,22-,29+;/m0./s1. The Bertz CT molecular complexity index is 1300. The molecular formula is C29H39BrN5O7Y-. The van der Waals surface area contributed by atoms with Gasteiger partial charge in [-0.05, 0) is 66.0 Å². The Balaban J connectivity index is 0.00000506. The number of nitrogens with one attached hydrogen (secondary N) is 2. The molecule has 1 aromatic heterocycles. The maximum atomic E-state index is 14.1. The van der Waals surface area contributed by atoms with E-state index in [-0.39, 0.29) is 62.7 Å². The number of fused-ring (bicyclic) bond motifs is 2. The SMILES string of the molecule is CCOC(=O)[C@@]12C[C@@H]1/C=C\CCCCC[C@H](NC(=O)OC(C)(C)C)C(=O)N1C[C@H](n3nc[c-]c(Br)c3=O)C[C@H]1C(=O)N2.[Y]. The molecule has 3 aliphatic rings. The molecular weight excluding hydrogens is 699 g/mol. The number of hydrogen-bond acceptors (Lipinski definition) is 8. The van der Waals surface area contributed by atoms with Crippen LogP contribution in [-0.4, -0.2) is 74.9 Å². The fraction of sp³-hybridized carbons (Fsp3) is 0.655. The third kappa shape index (κ3) is 8.54. The van der Waals surface area contributed by atoms with E-state index in [0.717, 1.165) is 19.3 Å². The van der Waals surface area contributed by atoms with Crippen LogP contribution in [0.4, 0.5) is 4.79 Å². The summed E-state index contributed by atoms with van der Waals surface area (Å²) in [4.78, 5) is 68.0. The van der Waals surface area contributed by atoms with Crippen molar-refractivity contribution in [1.29, 1.82) is 0 Å². The molecule has 0 unspecified atom stereocenters. The van der Waals surface area contributed by atoms with E-state index in [2.05, 4.69) is 37.7 Å². The molecule has 1 saturated heterocycles. The normalized spacial score (nSPS) is 28.5. The summed E-state index contributed by atoms with van der Waals surface area (Å²) in [6, 6.07) is 0.0849. The average Bonchev–Trinajstić information content (AvgIpc) is 3.42. The Morgan fingerprint density at radius 2 is 1.98 bits per heavy atom. The second-order valence-electron chi connectivity index (χ2n) is 12.0. The second-order valence-corrected chi connectivity index (χ2v) is 12.8. The minimum absolute atomic E-state index is 0. The molecule has 2 aliphatic heterocycles. The van der Waals surface area contributed by atoms with Crippen molar-refractivity contribution < 1.29 is 61.4 Å². The largest absolute Gasteiger partial charge is 0.464 e. The summed E-state index contributed by atoms with van der Waals surface area (Å²) in [7, 11) is 0. The quantitative estimate of drug-likeness (QED) is 0.273. The van der Waals surface area contributed by atoms with Gasteiger partial charge < -0.3 is 34.5 Å². The van der Waals surface area contributed by atoms with Crippen molar-refractivity contribution in [2.75, 3.05) is 13.2 Å². The van der Waals surface area contributed by atoms with E-state index < -0.39 is 58.7 Å². The van der Waals surface area contributed by atoms with E-state index in [0.29, 0.717) is 19.3 Å². The van der Waals surface area contributed by atoms with Gasteiger partial charge in [0.05, 0.1) is 12.6 Å². The third-order valence-corrected chi connectivity index (χ3v) is 8.27. The maximum Gasteiger partial charge on any atom is 0.408 e. The van der Waals surface area contributed by atoms with Crippen molar-refractivity contribution in [2.24, 2.45) is 5.92 Å². The van der Waals surface area contributed by atoms with Crippen LogP contribution >= 0.6 is 15.9 Å². The topological polar surface area (TPSA) is 149 Å². The maximum absolute atomic E-state index is 14.1. The molecule has 4 rings (SSSR count). The Hall–Kier alpha value is -2.12. The Kier molecular flexibility index (Phi) is 12.2. The van der Waals surface area contributed by atoms with Crippen LogP contribution < -0.4 is 16.2 Å². The monoisotopic (exact) mass is 737 g/mol. The summed E-state index contributed by atoms with van der Waals surface area (Å²) in [6.07, 6.45) is 8.50. The van der Waals surface area contributed by atoms with Gasteiger partial charge in [0.15, 0.2) is 0 Å². The van der Waals surface area contributed by atoms with Crippen molar-refractivity contribution in [3.8, 4) is 0 Å². The molecule has 14 heteroatoms. The Morgan fingerprint density at radius 3 is 2.67 bits per heavy atom. The summed E-state index contributed by atoms with van der Waals surface area (Å²) in [5.74, 6) is -1.74. The summed E-state index contributed by atoms with van der Waals surface area (Å²) in [5, 5.41) is 9.77. The predicted octanol–water partition coefficient (Wildman–Crippen LogP) is 2.80. The zero-order valence-electron chi connectivity index (χ0n) is 25.1. The number of ether oxygens (including phenoxy) is 2. The first-order valence-corrected chi connectivity index (χ1v) is 15.3. The van der Waals surface area contributed by atoms with Gasteiger partial charge in [0, 0.05) is 45.2 Å². The molecule has 43 heavy (non-hydrogen) atoms. The first-order chi connectivity index (χ1) is 19.9. The van der Waals surface area contributed by atoms with Gasteiger partial charge in [-0.1, -0.05) is 45.4 Å². The molecule has 0 bridgehead atoms. The average molecular weight is 738 g/mol. The summed E-state index contributed by atoms with van der Waals surface area (Å²) in [5.41, 5.74) is -2.44. The first-order valence-electron chi connectivity index (χ1n) is 14.5. The molecule has 1 aliphatic carbocycles. The van der Waals surface area contributed by atoms with Gasteiger partial charge in [-0.15, -0.1) is 0 Å². The van der Waals surface area contributed by atoms with Crippen LogP contribution in [0, 0.1) is 12.0 Å². The van der Waals surface area contributed by atoms with E-state index in [4.69, 9.17) is 9.47 Å². The molecule has 5 atom stereocenters. The number of rotatable bonds is 4. The number of hydrogen-bond donors (Lipinski definition) is 2. The van der Waals surface area contributed by atoms with Crippen molar-refractivity contribution in [1.82, 2.24) is 25.3 Å². The van der Waals surface area contributed by atoms with Gasteiger partial charge >= 0.3 is 12.1 Å². The van der Waals surface area contributed by atoms with Crippen molar-refractivity contribution >= 4 is 39.8 Å². The van der Waals surface area contributed by atoms with Crippen LogP contribution in [0.2, 0.25) is 0 Å². The van der Waals surface area contributed by atoms with E-state index >= 15 is 0 Å². The molecule has 1 aromatic rings. The van der Waals surface area contributed by atoms with Crippen molar-refractivity contribution in [2.45, 2.75) is 102 Å². The van der Waals surface area contributed by atoms with Crippen LogP contribution in [0.5, 0.6) is 0 Å². The second kappa shape index (κ2) is 14.8. The molecule has 2 N–H and O–H groups in total. The molecule has 3 amide bonds. The van der Waals surface area contributed by atoms with Gasteiger partial charge in [-0.3, -0.25) is 9.59 Å². The molecule has 0 aromatic carbocycles. The van der Waals surface area contributed by atoms with Crippen molar-refractivity contribution in [3.05, 3.63) is 39.2 Å². The van der Waals surface area contributed by atoms with Crippen LogP contribution in [-0.2, 0) is 56.6 Å². The van der Waals surface area contributed by atoms with E-state index in [9.17, 15) is 24.0 Å². The number of alkyl carbamates (subject to hydrolysis) is 1. The fourth-order valence-electron chi connectivity index (χ4n) is 5.57. The van der Waals surface area contributed by atoms with Crippen molar-refractivity contribution in [3.63, 3.8) is 0 Å². The minimum Gasteiger partial charge on any atom is -0.464 e. The van der Waals surface area contributed by atoms with E-state index in [1.807, 2.05) is 12.2 Å². The van der Waals surface area contributed by atoms with Gasteiger partial charge in [0.1, 0.15) is 28.8 Å². The summed E-state index contributed by atoms with van der Waals surface area (Å²) >= 11 is 3.18. The van der Waals surface area contributed by atoms with Gasteiger partial charge in [0.2, 0.25) is 11.8 Å². The molecule has 233 valence electrons. The van der Waals surface area contributed by atoms with Gasteiger partial charge in [-0.2, -0.15) is 0 Å². The summed E-state index contributed by atoms with van der Waals surface area (Å²) < 4.78 is 12.2. The number of carbonyl (C=O) groups excluding carboxylic acids is 4. The third-order valence-electron chi connectivity index (χ3n) is 7.70. The number of nitrogens with zero attached hydrogens (tertiary/aromatic N) is 3. The predicted molar refractivity (Wildman–Crippen MR) is 155 cm³/mol. The number of halogens is 1. The van der Waals surface area contributed by atoms with E-state index in [1.54, 1.807) is 27.7 Å². The molecule has 0 spiro atoms. The Morgan fingerprint density at radius 1 is 1.23 bits per heavy atom. The summed E-state index contributed by atoms with van der Waals surface area (Å²) in [6.45, 7) is 7.06. The van der Waals surface area contributed by atoms with Crippen LogP contribution in [0.25, 0.3) is 0 Å². The zero-order valence-corrected chi connectivity index (χ0v) is 29.5. The van der Waals surface area contributed by atoms with E-state index in [1.165, 1.54) is 15.8 Å². The number of allylic oxidation sites excluding steroid dienone is 1. The zero-order chi connectivity index (χ0) is 30.7. The number of aromatic nitrogens is 2. The smallest absolute Gasteiger partial charge is 0.408 e. The molecule has 1 radical (unpaired) electrons. The van der Waals surface area contributed by atoms with Gasteiger partial charge in [-0.25, -0.2) is 20.8 Å².